The molecule has 0 atom stereocenters. The Hall–Kier alpha value is -3.12. The third kappa shape index (κ3) is 2.83. The number of amides is 1. The van der Waals surface area contributed by atoms with E-state index in [0.29, 0.717) is 35.3 Å². The van der Waals surface area contributed by atoms with Crippen molar-refractivity contribution in [2.45, 2.75) is 19.9 Å². The number of aryl methyl sites for hydroxylation is 2. The average molecular weight is 406 g/mol. The molecule has 3 aromatic heterocycles. The first kappa shape index (κ1) is 17.9. The van der Waals surface area contributed by atoms with Crippen molar-refractivity contribution >= 4 is 23.2 Å². The lowest BCUT2D eigenvalue weighted by Crippen LogP contribution is -2.37. The highest BCUT2D eigenvalue weighted by atomic mass is 35.5. The van der Waals surface area contributed by atoms with Crippen LogP contribution in [0.3, 0.4) is 0 Å². The standard InChI is InChI=1S/C22H20ClN5O/c1-14-20(28-18(23)9-6-10-19(28)24-14)22(29)27-12-11-16-17(13-27)25-26(2)21(16)15-7-4-3-5-8-15/h3-10H,11-13H2,1-2H3. The monoisotopic (exact) mass is 405 g/mol. The summed E-state index contributed by atoms with van der Waals surface area (Å²) >= 11 is 6.37. The smallest absolute Gasteiger partial charge is 0.273 e. The number of benzene rings is 1. The number of imidazole rings is 1. The van der Waals surface area contributed by atoms with Gasteiger partial charge < -0.3 is 4.90 Å². The van der Waals surface area contributed by atoms with Crippen molar-refractivity contribution in [3.05, 3.63) is 76.3 Å². The zero-order valence-electron chi connectivity index (χ0n) is 16.3. The second-order valence-electron chi connectivity index (χ2n) is 7.33. The van der Waals surface area contributed by atoms with Crippen LogP contribution in [0.5, 0.6) is 0 Å². The Kier molecular flexibility index (Phi) is 4.17. The molecular weight excluding hydrogens is 386 g/mol. The summed E-state index contributed by atoms with van der Waals surface area (Å²) in [4.78, 5) is 19.7. The molecular formula is C22H20ClN5O. The van der Waals surface area contributed by atoms with E-state index in [2.05, 4.69) is 17.1 Å². The normalized spacial score (nSPS) is 13.7. The van der Waals surface area contributed by atoms with Gasteiger partial charge in [-0.2, -0.15) is 5.10 Å². The molecule has 0 radical (unpaired) electrons. The van der Waals surface area contributed by atoms with Gasteiger partial charge in [0.15, 0.2) is 0 Å². The van der Waals surface area contributed by atoms with Crippen molar-refractivity contribution in [3.8, 4) is 11.3 Å². The van der Waals surface area contributed by atoms with Gasteiger partial charge in [-0.1, -0.05) is 48.0 Å². The van der Waals surface area contributed by atoms with Crippen molar-refractivity contribution < 1.29 is 4.79 Å². The van der Waals surface area contributed by atoms with E-state index in [1.807, 2.05) is 53.9 Å². The van der Waals surface area contributed by atoms with Crippen LogP contribution in [-0.2, 0) is 20.0 Å². The van der Waals surface area contributed by atoms with E-state index in [1.165, 1.54) is 5.56 Å². The fraction of sp³-hybridized carbons (Fsp3) is 0.227. The Labute approximate surface area is 173 Å². The van der Waals surface area contributed by atoms with Crippen molar-refractivity contribution in [3.63, 3.8) is 0 Å². The number of hydrogen-bond donors (Lipinski definition) is 0. The molecule has 0 saturated carbocycles. The molecule has 0 fully saturated rings. The summed E-state index contributed by atoms with van der Waals surface area (Å²) in [6, 6.07) is 15.7. The fourth-order valence-electron chi connectivity index (χ4n) is 4.22. The molecule has 0 N–H and O–H groups in total. The average Bonchev–Trinajstić information content (AvgIpc) is 3.23. The highest BCUT2D eigenvalue weighted by Gasteiger charge is 2.30. The van der Waals surface area contributed by atoms with Crippen LogP contribution in [0.1, 0.15) is 27.4 Å². The molecule has 1 aliphatic rings. The summed E-state index contributed by atoms with van der Waals surface area (Å²) in [6.45, 7) is 2.96. The Balaban J connectivity index is 1.51. The number of aromatic nitrogens is 4. The predicted molar refractivity (Wildman–Crippen MR) is 112 cm³/mol. The van der Waals surface area contributed by atoms with Gasteiger partial charge in [0.25, 0.3) is 5.91 Å². The third-order valence-corrected chi connectivity index (χ3v) is 5.80. The van der Waals surface area contributed by atoms with E-state index < -0.39 is 0 Å². The fourth-order valence-corrected chi connectivity index (χ4v) is 4.46. The summed E-state index contributed by atoms with van der Waals surface area (Å²) in [5.41, 5.74) is 6.32. The van der Waals surface area contributed by atoms with Crippen LogP contribution >= 0.6 is 11.6 Å². The topological polar surface area (TPSA) is 55.4 Å². The number of hydrogen-bond acceptors (Lipinski definition) is 3. The largest absolute Gasteiger partial charge is 0.331 e. The minimum Gasteiger partial charge on any atom is -0.331 e. The molecule has 0 saturated heterocycles. The van der Waals surface area contributed by atoms with Gasteiger partial charge in [-0.15, -0.1) is 0 Å². The summed E-state index contributed by atoms with van der Waals surface area (Å²) < 4.78 is 3.65. The second-order valence-corrected chi connectivity index (χ2v) is 7.72. The summed E-state index contributed by atoms with van der Waals surface area (Å²) in [5, 5.41) is 5.20. The molecule has 7 heteroatoms. The van der Waals surface area contributed by atoms with E-state index in [1.54, 1.807) is 10.5 Å². The molecule has 0 unspecified atom stereocenters. The lowest BCUT2D eigenvalue weighted by atomic mass is 9.99. The number of carbonyl (C=O) groups is 1. The lowest BCUT2D eigenvalue weighted by molar-refractivity contribution is 0.0724. The molecule has 1 amide bonds. The van der Waals surface area contributed by atoms with Gasteiger partial charge in [0.1, 0.15) is 16.5 Å². The summed E-state index contributed by atoms with van der Waals surface area (Å²) in [6.07, 6.45) is 0.767. The third-order valence-electron chi connectivity index (χ3n) is 5.51. The highest BCUT2D eigenvalue weighted by Crippen LogP contribution is 2.31. The summed E-state index contributed by atoms with van der Waals surface area (Å²) in [5.74, 6) is -0.0688. The van der Waals surface area contributed by atoms with Crippen LogP contribution in [0.15, 0.2) is 48.5 Å². The predicted octanol–water partition coefficient (Wildman–Crippen LogP) is 3.90. The van der Waals surface area contributed by atoms with Gasteiger partial charge in [-0.3, -0.25) is 13.9 Å². The molecule has 0 aliphatic carbocycles. The van der Waals surface area contributed by atoms with Crippen LogP contribution in [-0.4, -0.2) is 36.5 Å². The van der Waals surface area contributed by atoms with Crippen molar-refractivity contribution in [1.82, 2.24) is 24.1 Å². The van der Waals surface area contributed by atoms with Crippen molar-refractivity contribution in [2.24, 2.45) is 7.05 Å². The SMILES string of the molecule is Cc1nc2cccc(Cl)n2c1C(=O)N1CCc2c(nn(C)c2-c2ccccc2)C1. The van der Waals surface area contributed by atoms with Crippen LogP contribution in [0.4, 0.5) is 0 Å². The number of fused-ring (bicyclic) bond motifs is 2. The highest BCUT2D eigenvalue weighted by molar-refractivity contribution is 6.30. The number of nitrogens with zero attached hydrogens (tertiary/aromatic N) is 5. The van der Waals surface area contributed by atoms with Gasteiger partial charge >= 0.3 is 0 Å². The van der Waals surface area contributed by atoms with E-state index in [9.17, 15) is 4.79 Å². The van der Waals surface area contributed by atoms with Gasteiger partial charge in [0.2, 0.25) is 0 Å². The molecule has 5 rings (SSSR count). The first-order valence-corrected chi connectivity index (χ1v) is 9.95. The zero-order valence-corrected chi connectivity index (χ0v) is 17.0. The number of halogens is 1. The quantitative estimate of drug-likeness (QED) is 0.475. The lowest BCUT2D eigenvalue weighted by Gasteiger charge is -2.26. The second kappa shape index (κ2) is 6.74. The maximum atomic E-state index is 13.4. The maximum absolute atomic E-state index is 13.4. The van der Waals surface area contributed by atoms with E-state index >= 15 is 0 Å². The minimum absolute atomic E-state index is 0.0688. The van der Waals surface area contributed by atoms with Gasteiger partial charge in [0, 0.05) is 24.7 Å². The Morgan fingerprint density at radius 3 is 2.69 bits per heavy atom. The molecule has 1 aliphatic heterocycles. The molecule has 29 heavy (non-hydrogen) atoms. The molecule has 0 spiro atoms. The van der Waals surface area contributed by atoms with E-state index in [4.69, 9.17) is 16.7 Å². The molecule has 146 valence electrons. The number of rotatable bonds is 2. The number of pyridine rings is 1. The Morgan fingerprint density at radius 2 is 1.90 bits per heavy atom. The Bertz CT molecular complexity index is 1240. The van der Waals surface area contributed by atoms with E-state index in [-0.39, 0.29) is 5.91 Å². The minimum atomic E-state index is -0.0688. The first-order chi connectivity index (χ1) is 14.0. The van der Waals surface area contributed by atoms with Crippen LogP contribution in [0, 0.1) is 6.92 Å². The Morgan fingerprint density at radius 1 is 1.10 bits per heavy atom. The molecule has 0 bridgehead atoms. The van der Waals surface area contributed by atoms with Crippen LogP contribution in [0.2, 0.25) is 5.15 Å². The maximum Gasteiger partial charge on any atom is 0.273 e. The van der Waals surface area contributed by atoms with Crippen molar-refractivity contribution in [2.75, 3.05) is 6.54 Å². The van der Waals surface area contributed by atoms with E-state index in [0.717, 1.165) is 23.4 Å². The molecule has 4 aromatic rings. The first-order valence-electron chi connectivity index (χ1n) is 9.57. The zero-order chi connectivity index (χ0) is 20.1. The number of carbonyl (C=O) groups excluding carboxylic acids is 1. The van der Waals surface area contributed by atoms with Gasteiger partial charge in [-0.25, -0.2) is 4.98 Å². The molecule has 6 nitrogen and oxygen atoms in total. The van der Waals surface area contributed by atoms with Crippen LogP contribution < -0.4 is 0 Å². The van der Waals surface area contributed by atoms with Crippen molar-refractivity contribution in [1.29, 1.82) is 0 Å². The van der Waals surface area contributed by atoms with Gasteiger partial charge in [0.05, 0.1) is 23.6 Å². The van der Waals surface area contributed by atoms with Gasteiger partial charge in [-0.05, 0) is 25.5 Å². The molecule has 1 aromatic carbocycles. The van der Waals surface area contributed by atoms with Crippen LogP contribution in [0.25, 0.3) is 16.9 Å². The summed E-state index contributed by atoms with van der Waals surface area (Å²) in [7, 11) is 1.96. The molecule has 4 heterocycles.